The minimum Gasteiger partial charge on any atom is -0.327 e. The Balaban J connectivity index is 1.43. The molecule has 4 aromatic rings. The van der Waals surface area contributed by atoms with Crippen molar-refractivity contribution in [1.29, 1.82) is 0 Å². The quantitative estimate of drug-likeness (QED) is 0.416. The normalized spacial score (nSPS) is 18.9. The molecular weight excluding hydrogens is 448 g/mol. The van der Waals surface area contributed by atoms with Gasteiger partial charge < -0.3 is 4.90 Å². The molecule has 176 valence electrons. The fraction of sp³-hybridized carbons (Fsp3) is 0.259. The van der Waals surface area contributed by atoms with Crippen molar-refractivity contribution in [3.05, 3.63) is 89.4 Å². The molecule has 0 unspecified atom stereocenters. The van der Waals surface area contributed by atoms with E-state index in [1.54, 1.807) is 30.2 Å². The van der Waals surface area contributed by atoms with Gasteiger partial charge in [-0.15, -0.1) is 0 Å². The van der Waals surface area contributed by atoms with Gasteiger partial charge in [0.1, 0.15) is 11.6 Å². The molecule has 4 heterocycles. The van der Waals surface area contributed by atoms with E-state index in [-0.39, 0.29) is 18.0 Å². The molecule has 2 aromatic carbocycles. The highest BCUT2D eigenvalue weighted by atomic mass is 19.1. The Morgan fingerprint density at radius 3 is 2.51 bits per heavy atom. The third-order valence-electron chi connectivity index (χ3n) is 7.01. The van der Waals surface area contributed by atoms with E-state index < -0.39 is 11.6 Å². The van der Waals surface area contributed by atoms with Gasteiger partial charge in [-0.05, 0) is 49.9 Å². The number of fused-ring (bicyclic) bond motifs is 4. The predicted molar refractivity (Wildman–Crippen MR) is 126 cm³/mol. The van der Waals surface area contributed by atoms with Crippen molar-refractivity contribution < 1.29 is 13.6 Å². The summed E-state index contributed by atoms with van der Waals surface area (Å²) >= 11 is 0. The van der Waals surface area contributed by atoms with Crippen molar-refractivity contribution in [2.75, 3.05) is 0 Å². The molecule has 35 heavy (non-hydrogen) atoms. The van der Waals surface area contributed by atoms with Gasteiger partial charge in [-0.1, -0.05) is 18.2 Å². The van der Waals surface area contributed by atoms with Gasteiger partial charge in [0.05, 0.1) is 23.0 Å². The molecule has 0 spiro atoms. The van der Waals surface area contributed by atoms with Gasteiger partial charge in [0.2, 0.25) is 0 Å². The molecule has 2 aliphatic rings. The summed E-state index contributed by atoms with van der Waals surface area (Å²) in [6.07, 6.45) is 6.54. The lowest BCUT2D eigenvalue weighted by atomic mass is 9.81. The van der Waals surface area contributed by atoms with Crippen LogP contribution in [-0.4, -0.2) is 36.6 Å². The number of amides is 1. The summed E-state index contributed by atoms with van der Waals surface area (Å²) in [7, 11) is 1.79. The second-order valence-corrected chi connectivity index (χ2v) is 9.13. The zero-order valence-electron chi connectivity index (χ0n) is 19.2. The van der Waals surface area contributed by atoms with E-state index >= 15 is 0 Å². The summed E-state index contributed by atoms with van der Waals surface area (Å²) < 4.78 is 29.7. The maximum Gasteiger partial charge on any atom is 0.255 e. The van der Waals surface area contributed by atoms with Crippen molar-refractivity contribution in [3.63, 3.8) is 0 Å². The Morgan fingerprint density at radius 2 is 1.74 bits per heavy atom. The van der Waals surface area contributed by atoms with Crippen molar-refractivity contribution in [3.8, 4) is 22.6 Å². The molecule has 2 aliphatic heterocycles. The van der Waals surface area contributed by atoms with E-state index in [4.69, 9.17) is 5.10 Å². The van der Waals surface area contributed by atoms with E-state index in [0.717, 1.165) is 36.6 Å². The monoisotopic (exact) mass is 471 g/mol. The zero-order chi connectivity index (χ0) is 24.1. The summed E-state index contributed by atoms with van der Waals surface area (Å²) in [4.78, 5) is 24.7. The highest BCUT2D eigenvalue weighted by molar-refractivity contribution is 6.00. The second-order valence-electron chi connectivity index (χ2n) is 9.13. The van der Waals surface area contributed by atoms with Gasteiger partial charge in [0.25, 0.3) is 5.91 Å². The summed E-state index contributed by atoms with van der Waals surface area (Å²) in [6.45, 7) is 0. The molecule has 2 bridgehead atoms. The number of aryl methyl sites for hydroxylation is 1. The fourth-order valence-electron chi connectivity index (χ4n) is 5.64. The number of piperidine rings is 1. The molecule has 0 N–H and O–H groups in total. The molecule has 1 fully saturated rings. The Bertz CT molecular complexity index is 1410. The molecule has 2 atom stereocenters. The number of carbonyl (C=O) groups excluding carboxylic acids is 1. The lowest BCUT2D eigenvalue weighted by molar-refractivity contribution is 0.0392. The molecule has 1 amide bonds. The largest absolute Gasteiger partial charge is 0.327 e. The third-order valence-corrected chi connectivity index (χ3v) is 7.01. The number of hydrogen-bond donors (Lipinski definition) is 0. The maximum atomic E-state index is 14.0. The zero-order valence-corrected chi connectivity index (χ0v) is 19.2. The van der Waals surface area contributed by atoms with Crippen LogP contribution in [0.3, 0.4) is 0 Å². The molecule has 1 saturated heterocycles. The molecule has 2 aromatic heterocycles. The number of halogens is 2. The predicted octanol–water partition coefficient (Wildman–Crippen LogP) is 5.11. The van der Waals surface area contributed by atoms with Crippen LogP contribution in [0.4, 0.5) is 8.78 Å². The summed E-state index contributed by atoms with van der Waals surface area (Å²) in [5.74, 6) is -0.810. The first-order valence-corrected chi connectivity index (χ1v) is 11.7. The Labute approximate surface area is 201 Å². The smallest absolute Gasteiger partial charge is 0.255 e. The van der Waals surface area contributed by atoms with Crippen LogP contribution in [0, 0.1) is 11.6 Å². The number of benzene rings is 2. The average molecular weight is 472 g/mol. The minimum atomic E-state index is -0.623. The number of nitrogens with zero attached hydrogens (tertiary/aromatic N) is 5. The molecule has 6 rings (SSSR count). The number of aromatic nitrogens is 4. The van der Waals surface area contributed by atoms with Gasteiger partial charge in [-0.25, -0.2) is 18.7 Å². The van der Waals surface area contributed by atoms with Gasteiger partial charge in [-0.3, -0.25) is 9.48 Å². The number of hydrogen-bond acceptors (Lipinski definition) is 4. The SMILES string of the molecule is Cn1nc2c(c1-c1cc(F)cc(F)c1)C[C@H]1CCC[C@@H]2N1C(=O)c1ccccc1-c1ncccn1. The highest BCUT2D eigenvalue weighted by Crippen LogP contribution is 2.45. The van der Waals surface area contributed by atoms with E-state index in [9.17, 15) is 13.6 Å². The van der Waals surface area contributed by atoms with Crippen LogP contribution >= 0.6 is 0 Å². The van der Waals surface area contributed by atoms with Crippen LogP contribution in [0.1, 0.15) is 46.9 Å². The molecule has 8 heteroatoms. The van der Waals surface area contributed by atoms with Crippen LogP contribution in [0.5, 0.6) is 0 Å². The summed E-state index contributed by atoms with van der Waals surface area (Å²) in [5, 5.41) is 4.77. The van der Waals surface area contributed by atoms with Crippen LogP contribution in [0.25, 0.3) is 22.6 Å². The summed E-state index contributed by atoms with van der Waals surface area (Å²) in [5.41, 5.74) is 4.20. The number of carbonyl (C=O) groups is 1. The Kier molecular flexibility index (Phi) is 5.16. The first kappa shape index (κ1) is 21.6. The Hall–Kier alpha value is -3.94. The van der Waals surface area contributed by atoms with Gasteiger partial charge in [0.15, 0.2) is 5.82 Å². The molecule has 6 nitrogen and oxygen atoms in total. The molecule has 0 aliphatic carbocycles. The van der Waals surface area contributed by atoms with Crippen molar-refractivity contribution in [2.45, 2.75) is 37.8 Å². The molecule has 0 saturated carbocycles. The van der Waals surface area contributed by atoms with E-state index in [1.807, 2.05) is 29.2 Å². The lowest BCUT2D eigenvalue weighted by Gasteiger charge is -2.45. The van der Waals surface area contributed by atoms with Gasteiger partial charge in [0, 0.05) is 48.2 Å². The van der Waals surface area contributed by atoms with Crippen LogP contribution < -0.4 is 0 Å². The van der Waals surface area contributed by atoms with E-state index in [0.29, 0.717) is 34.6 Å². The maximum absolute atomic E-state index is 14.0. The second kappa shape index (κ2) is 8.37. The molecular formula is C27H23F2N5O. The lowest BCUT2D eigenvalue weighted by Crippen LogP contribution is -2.50. The fourth-order valence-corrected chi connectivity index (χ4v) is 5.64. The van der Waals surface area contributed by atoms with Crippen LogP contribution in [0.15, 0.2) is 60.9 Å². The van der Waals surface area contributed by atoms with Crippen LogP contribution in [-0.2, 0) is 13.5 Å². The van der Waals surface area contributed by atoms with E-state index in [2.05, 4.69) is 9.97 Å². The molecule has 0 radical (unpaired) electrons. The first-order chi connectivity index (χ1) is 17.0. The van der Waals surface area contributed by atoms with E-state index in [1.165, 1.54) is 12.1 Å². The third kappa shape index (κ3) is 3.60. The van der Waals surface area contributed by atoms with Crippen LogP contribution in [0.2, 0.25) is 0 Å². The van der Waals surface area contributed by atoms with Crippen molar-refractivity contribution >= 4 is 5.91 Å². The van der Waals surface area contributed by atoms with Crippen molar-refractivity contribution in [1.82, 2.24) is 24.6 Å². The van der Waals surface area contributed by atoms with Crippen molar-refractivity contribution in [2.24, 2.45) is 7.05 Å². The minimum absolute atomic E-state index is 0.0279. The number of rotatable bonds is 3. The topological polar surface area (TPSA) is 63.9 Å². The first-order valence-electron chi connectivity index (χ1n) is 11.7. The average Bonchev–Trinajstić information content (AvgIpc) is 3.18. The highest BCUT2D eigenvalue weighted by Gasteiger charge is 2.44. The Morgan fingerprint density at radius 1 is 1.00 bits per heavy atom. The standard InChI is InChI=1S/C27H23F2N5O/c1-33-25(16-12-17(28)14-18(29)13-16)22-15-19-6-4-9-23(24(22)32-33)34(19)27(35)21-8-3-2-7-20(21)26-30-10-5-11-31-26/h2-3,5,7-8,10-14,19,23H,4,6,9,15H2,1H3/t19-,23+/m1/s1. The van der Waals surface area contributed by atoms with Gasteiger partial charge in [-0.2, -0.15) is 5.10 Å². The summed E-state index contributed by atoms with van der Waals surface area (Å²) in [6, 6.07) is 12.5. The van der Waals surface area contributed by atoms with Gasteiger partial charge >= 0.3 is 0 Å².